The van der Waals surface area contributed by atoms with Gasteiger partial charge >= 0.3 is 0 Å². The van der Waals surface area contributed by atoms with Gasteiger partial charge in [0, 0.05) is 23.1 Å². The third-order valence-electron chi connectivity index (χ3n) is 3.65. The van der Waals surface area contributed by atoms with E-state index in [0.717, 1.165) is 23.5 Å². The van der Waals surface area contributed by atoms with Gasteiger partial charge in [0.15, 0.2) is 0 Å². The second kappa shape index (κ2) is 5.95. The van der Waals surface area contributed by atoms with Gasteiger partial charge in [-0.2, -0.15) is 0 Å². The van der Waals surface area contributed by atoms with E-state index in [9.17, 15) is 4.79 Å². The number of hydrogen-bond acceptors (Lipinski definition) is 4. The van der Waals surface area contributed by atoms with E-state index in [1.165, 1.54) is 29.7 Å². The molecule has 0 aliphatic carbocycles. The number of nitrogens with zero attached hydrogens (tertiary/aromatic N) is 1. The fraction of sp³-hybridized carbons (Fsp3) is 0.375. The zero-order chi connectivity index (χ0) is 14.8. The maximum absolute atomic E-state index is 11.0. The molecular weight excluding hydrogens is 282 g/mol. The Balaban J connectivity index is 1.84. The number of rotatable bonds is 3. The number of benzene rings is 1. The van der Waals surface area contributed by atoms with Crippen molar-refractivity contribution in [3.8, 4) is 11.3 Å². The molecule has 1 aliphatic rings. The third-order valence-corrected chi connectivity index (χ3v) is 4.73. The van der Waals surface area contributed by atoms with E-state index in [0.29, 0.717) is 6.04 Å². The molecule has 1 amide bonds. The van der Waals surface area contributed by atoms with Crippen LogP contribution >= 0.6 is 11.3 Å². The highest BCUT2D eigenvalue weighted by molar-refractivity contribution is 7.12. The minimum Gasteiger partial charge on any atom is -0.326 e. The SMILES string of the molecule is CC(=O)Nc1ccc(-c2nc(C3CCCN3)sc2C)cc1. The van der Waals surface area contributed by atoms with Crippen LogP contribution in [0.4, 0.5) is 5.69 Å². The van der Waals surface area contributed by atoms with Gasteiger partial charge in [0.05, 0.1) is 11.7 Å². The van der Waals surface area contributed by atoms with E-state index in [-0.39, 0.29) is 5.91 Å². The normalized spacial score (nSPS) is 17.9. The number of thiazole rings is 1. The Labute approximate surface area is 128 Å². The molecule has 1 aliphatic heterocycles. The van der Waals surface area contributed by atoms with Crippen molar-refractivity contribution in [2.24, 2.45) is 0 Å². The lowest BCUT2D eigenvalue weighted by Crippen LogP contribution is -2.12. The summed E-state index contributed by atoms with van der Waals surface area (Å²) in [5.41, 5.74) is 2.97. The summed E-state index contributed by atoms with van der Waals surface area (Å²) in [4.78, 5) is 17.1. The molecular formula is C16H19N3OS. The summed E-state index contributed by atoms with van der Waals surface area (Å²) in [6, 6.07) is 8.28. The molecule has 21 heavy (non-hydrogen) atoms. The number of aryl methyl sites for hydroxylation is 1. The Morgan fingerprint density at radius 1 is 1.38 bits per heavy atom. The summed E-state index contributed by atoms with van der Waals surface area (Å²) in [7, 11) is 0. The first-order valence-electron chi connectivity index (χ1n) is 7.22. The Kier molecular flexibility index (Phi) is 4.03. The van der Waals surface area contributed by atoms with Crippen molar-refractivity contribution in [2.75, 3.05) is 11.9 Å². The Hall–Kier alpha value is -1.72. The first-order chi connectivity index (χ1) is 10.1. The van der Waals surface area contributed by atoms with Crippen LogP contribution in [0.1, 0.15) is 35.7 Å². The van der Waals surface area contributed by atoms with Crippen molar-refractivity contribution < 1.29 is 4.79 Å². The highest BCUT2D eigenvalue weighted by Gasteiger charge is 2.21. The largest absolute Gasteiger partial charge is 0.326 e. The number of aromatic nitrogens is 1. The van der Waals surface area contributed by atoms with Gasteiger partial charge in [0.25, 0.3) is 0 Å². The Morgan fingerprint density at radius 2 is 2.14 bits per heavy atom. The van der Waals surface area contributed by atoms with Crippen LogP contribution < -0.4 is 10.6 Å². The van der Waals surface area contributed by atoms with Crippen LogP contribution in [0.25, 0.3) is 11.3 Å². The molecule has 0 bridgehead atoms. The van der Waals surface area contributed by atoms with E-state index in [1.54, 1.807) is 11.3 Å². The van der Waals surface area contributed by atoms with E-state index in [2.05, 4.69) is 17.6 Å². The highest BCUT2D eigenvalue weighted by Crippen LogP contribution is 2.33. The molecule has 1 saturated heterocycles. The summed E-state index contributed by atoms with van der Waals surface area (Å²) in [5.74, 6) is -0.0535. The molecule has 1 aromatic heterocycles. The summed E-state index contributed by atoms with van der Waals surface area (Å²) in [5, 5.41) is 7.46. The molecule has 1 unspecified atom stereocenters. The topological polar surface area (TPSA) is 54.0 Å². The summed E-state index contributed by atoms with van der Waals surface area (Å²) >= 11 is 1.78. The molecule has 5 heteroatoms. The minimum atomic E-state index is -0.0535. The quantitative estimate of drug-likeness (QED) is 0.912. The minimum absolute atomic E-state index is 0.0535. The van der Waals surface area contributed by atoms with E-state index in [1.807, 2.05) is 24.3 Å². The molecule has 110 valence electrons. The lowest BCUT2D eigenvalue weighted by molar-refractivity contribution is -0.114. The van der Waals surface area contributed by atoms with Gasteiger partial charge in [0.2, 0.25) is 5.91 Å². The van der Waals surface area contributed by atoms with Gasteiger partial charge in [-0.15, -0.1) is 11.3 Å². The first-order valence-corrected chi connectivity index (χ1v) is 8.04. The number of anilines is 1. The van der Waals surface area contributed by atoms with Crippen molar-refractivity contribution in [3.63, 3.8) is 0 Å². The zero-order valence-electron chi connectivity index (χ0n) is 12.3. The first kappa shape index (κ1) is 14.2. The van der Waals surface area contributed by atoms with Gasteiger partial charge in [-0.25, -0.2) is 4.98 Å². The Bertz CT molecular complexity index is 642. The van der Waals surface area contributed by atoms with Crippen LogP contribution in [0.15, 0.2) is 24.3 Å². The summed E-state index contributed by atoms with van der Waals surface area (Å²) in [6.07, 6.45) is 2.40. The lowest BCUT2D eigenvalue weighted by Gasteiger charge is -2.05. The van der Waals surface area contributed by atoms with Gasteiger partial charge in [-0.1, -0.05) is 12.1 Å². The summed E-state index contributed by atoms with van der Waals surface area (Å²) in [6.45, 7) is 4.72. The molecule has 2 heterocycles. The van der Waals surface area contributed by atoms with Crippen LogP contribution in [-0.4, -0.2) is 17.4 Å². The smallest absolute Gasteiger partial charge is 0.221 e. The molecule has 1 atom stereocenters. The van der Waals surface area contributed by atoms with Gasteiger partial charge in [-0.05, 0) is 38.4 Å². The molecule has 2 N–H and O–H groups in total. The molecule has 0 saturated carbocycles. The van der Waals surface area contributed by atoms with E-state index < -0.39 is 0 Å². The predicted molar refractivity (Wildman–Crippen MR) is 86.6 cm³/mol. The average Bonchev–Trinajstić information content (AvgIpc) is 3.08. The van der Waals surface area contributed by atoms with Crippen molar-refractivity contribution >= 4 is 22.9 Å². The van der Waals surface area contributed by atoms with Crippen molar-refractivity contribution in [3.05, 3.63) is 34.2 Å². The molecule has 3 rings (SSSR count). The number of carbonyl (C=O) groups is 1. The van der Waals surface area contributed by atoms with Crippen LogP contribution in [0, 0.1) is 6.92 Å². The van der Waals surface area contributed by atoms with Crippen molar-refractivity contribution in [1.82, 2.24) is 10.3 Å². The van der Waals surface area contributed by atoms with Crippen LogP contribution in [0.3, 0.4) is 0 Å². The summed E-state index contributed by atoms with van der Waals surface area (Å²) < 4.78 is 0. The van der Waals surface area contributed by atoms with Gasteiger partial charge < -0.3 is 10.6 Å². The highest BCUT2D eigenvalue weighted by atomic mass is 32.1. The molecule has 1 fully saturated rings. The fourth-order valence-corrected chi connectivity index (χ4v) is 3.70. The van der Waals surface area contributed by atoms with Crippen LogP contribution in [0.5, 0.6) is 0 Å². The number of nitrogens with one attached hydrogen (secondary N) is 2. The van der Waals surface area contributed by atoms with Crippen LogP contribution in [0.2, 0.25) is 0 Å². The lowest BCUT2D eigenvalue weighted by atomic mass is 10.1. The van der Waals surface area contributed by atoms with E-state index >= 15 is 0 Å². The second-order valence-corrected chi connectivity index (χ2v) is 6.60. The molecule has 2 aromatic rings. The average molecular weight is 301 g/mol. The van der Waals surface area contributed by atoms with E-state index in [4.69, 9.17) is 4.98 Å². The molecule has 0 radical (unpaired) electrons. The Morgan fingerprint density at radius 3 is 2.76 bits per heavy atom. The molecule has 4 nitrogen and oxygen atoms in total. The molecule has 1 aromatic carbocycles. The standard InChI is InChI=1S/C16H19N3OS/c1-10-15(19-16(21-10)14-4-3-9-17-14)12-5-7-13(8-6-12)18-11(2)20/h5-8,14,17H,3-4,9H2,1-2H3,(H,18,20). The van der Waals surface area contributed by atoms with Crippen LogP contribution in [-0.2, 0) is 4.79 Å². The fourth-order valence-electron chi connectivity index (χ4n) is 2.64. The van der Waals surface area contributed by atoms with Gasteiger partial charge in [0.1, 0.15) is 5.01 Å². The van der Waals surface area contributed by atoms with Gasteiger partial charge in [-0.3, -0.25) is 4.79 Å². The predicted octanol–water partition coefficient (Wildman–Crippen LogP) is 3.50. The van der Waals surface area contributed by atoms with Crippen molar-refractivity contribution in [2.45, 2.75) is 32.7 Å². The number of carbonyl (C=O) groups excluding carboxylic acids is 1. The maximum Gasteiger partial charge on any atom is 0.221 e. The van der Waals surface area contributed by atoms with Crippen molar-refractivity contribution in [1.29, 1.82) is 0 Å². The molecule has 0 spiro atoms. The number of amides is 1. The zero-order valence-corrected chi connectivity index (χ0v) is 13.1. The maximum atomic E-state index is 11.0. The third kappa shape index (κ3) is 3.14. The number of hydrogen-bond donors (Lipinski definition) is 2. The second-order valence-electron chi connectivity index (χ2n) is 5.36. The monoisotopic (exact) mass is 301 g/mol.